The molecule has 1 aliphatic rings. The Morgan fingerprint density at radius 2 is 2.26 bits per heavy atom. The van der Waals surface area contributed by atoms with Crippen LogP contribution in [-0.4, -0.2) is 61.9 Å². The summed E-state index contributed by atoms with van der Waals surface area (Å²) in [7, 11) is 5.71. The molecule has 3 atom stereocenters. The highest BCUT2D eigenvalue weighted by Crippen LogP contribution is 2.35. The van der Waals surface area contributed by atoms with E-state index >= 15 is 0 Å². The van der Waals surface area contributed by atoms with Crippen LogP contribution in [0.25, 0.3) is 0 Å². The molecule has 1 rings (SSSR count). The molecule has 3 unspecified atom stereocenters. The highest BCUT2D eigenvalue weighted by atomic mass is 16.5. The number of hydrogen-bond acceptors (Lipinski definition) is 4. The van der Waals surface area contributed by atoms with Crippen molar-refractivity contribution >= 4 is 5.97 Å². The molecule has 2 N–H and O–H groups in total. The molecule has 0 aromatic carbocycles. The zero-order chi connectivity index (χ0) is 14.5. The Morgan fingerprint density at radius 3 is 2.74 bits per heavy atom. The monoisotopic (exact) mass is 272 g/mol. The maximum Gasteiger partial charge on any atom is 0.323 e. The third-order valence-electron chi connectivity index (χ3n) is 4.33. The fourth-order valence-electron chi connectivity index (χ4n) is 3.05. The predicted molar refractivity (Wildman–Crippen MR) is 75.4 cm³/mol. The van der Waals surface area contributed by atoms with Gasteiger partial charge in [-0.25, -0.2) is 0 Å². The topological polar surface area (TPSA) is 61.8 Å². The van der Waals surface area contributed by atoms with E-state index in [4.69, 9.17) is 9.84 Å². The Morgan fingerprint density at radius 1 is 1.58 bits per heavy atom. The number of nitrogens with zero attached hydrogens (tertiary/aromatic N) is 1. The zero-order valence-corrected chi connectivity index (χ0v) is 12.6. The second kappa shape index (κ2) is 7.22. The van der Waals surface area contributed by atoms with Gasteiger partial charge >= 0.3 is 5.97 Å². The van der Waals surface area contributed by atoms with Crippen molar-refractivity contribution in [3.05, 3.63) is 0 Å². The number of carboxylic acids is 1. The van der Waals surface area contributed by atoms with Gasteiger partial charge in [-0.15, -0.1) is 0 Å². The average molecular weight is 272 g/mol. The number of ether oxygens (including phenoxy) is 1. The maximum absolute atomic E-state index is 11.1. The molecule has 0 saturated heterocycles. The molecule has 1 saturated carbocycles. The van der Waals surface area contributed by atoms with Crippen LogP contribution in [-0.2, 0) is 9.53 Å². The molecule has 1 fully saturated rings. The first kappa shape index (κ1) is 16.4. The summed E-state index contributed by atoms with van der Waals surface area (Å²) in [5.74, 6) is -0.150. The molecule has 112 valence electrons. The Kier molecular flexibility index (Phi) is 6.23. The molecule has 1 aliphatic carbocycles. The fourth-order valence-corrected chi connectivity index (χ4v) is 3.05. The highest BCUT2D eigenvalue weighted by Gasteiger charge is 2.37. The Hall–Kier alpha value is -0.650. The lowest BCUT2D eigenvalue weighted by Gasteiger charge is -2.46. The van der Waals surface area contributed by atoms with Crippen LogP contribution in [0.15, 0.2) is 0 Å². The summed E-state index contributed by atoms with van der Waals surface area (Å²) in [4.78, 5) is 13.4. The average Bonchev–Trinajstić information content (AvgIpc) is 2.34. The SMILES string of the molecule is COCC(NCC1(N(C)C)CCCC(C)C1)C(=O)O. The van der Waals surface area contributed by atoms with Crippen LogP contribution in [0.4, 0.5) is 0 Å². The van der Waals surface area contributed by atoms with Gasteiger partial charge in [0.05, 0.1) is 6.61 Å². The summed E-state index contributed by atoms with van der Waals surface area (Å²) in [6, 6.07) is -0.626. The lowest BCUT2D eigenvalue weighted by Crippen LogP contribution is -2.57. The Labute approximate surface area is 116 Å². The molecule has 0 spiro atoms. The van der Waals surface area contributed by atoms with Crippen molar-refractivity contribution < 1.29 is 14.6 Å². The predicted octanol–water partition coefficient (Wildman–Crippen LogP) is 1.19. The van der Waals surface area contributed by atoms with E-state index in [2.05, 4.69) is 31.2 Å². The fraction of sp³-hybridized carbons (Fsp3) is 0.929. The van der Waals surface area contributed by atoms with E-state index < -0.39 is 12.0 Å². The first-order valence-corrected chi connectivity index (χ1v) is 7.04. The van der Waals surface area contributed by atoms with E-state index in [9.17, 15) is 4.79 Å². The van der Waals surface area contributed by atoms with Gasteiger partial charge in [-0.05, 0) is 32.9 Å². The molecule has 0 amide bonds. The minimum absolute atomic E-state index is 0.0686. The van der Waals surface area contributed by atoms with Gasteiger partial charge < -0.3 is 20.1 Å². The summed E-state index contributed by atoms with van der Waals surface area (Å²) in [5.41, 5.74) is 0.0686. The van der Waals surface area contributed by atoms with E-state index in [1.54, 1.807) is 0 Å². The summed E-state index contributed by atoms with van der Waals surface area (Å²) in [6.45, 7) is 3.18. The lowest BCUT2D eigenvalue weighted by atomic mass is 9.75. The van der Waals surface area contributed by atoms with Crippen LogP contribution < -0.4 is 5.32 Å². The number of aliphatic carboxylic acids is 1. The van der Waals surface area contributed by atoms with E-state index in [0.29, 0.717) is 12.5 Å². The molecule has 5 nitrogen and oxygen atoms in total. The summed E-state index contributed by atoms with van der Waals surface area (Å²) < 4.78 is 4.96. The molecule has 0 heterocycles. The number of rotatable bonds is 7. The van der Waals surface area contributed by atoms with Gasteiger partial charge in [0, 0.05) is 19.2 Å². The summed E-state index contributed by atoms with van der Waals surface area (Å²) >= 11 is 0. The molecule has 19 heavy (non-hydrogen) atoms. The van der Waals surface area contributed by atoms with Crippen LogP contribution in [0.1, 0.15) is 32.6 Å². The largest absolute Gasteiger partial charge is 0.480 e. The zero-order valence-electron chi connectivity index (χ0n) is 12.6. The van der Waals surface area contributed by atoms with Crippen molar-refractivity contribution in [2.45, 2.75) is 44.2 Å². The molecule has 0 aromatic rings. The third kappa shape index (κ3) is 4.44. The molecule has 5 heteroatoms. The summed E-state index contributed by atoms with van der Waals surface area (Å²) in [6.07, 6.45) is 4.72. The van der Waals surface area contributed by atoms with Gasteiger partial charge in [0.2, 0.25) is 0 Å². The van der Waals surface area contributed by atoms with Crippen molar-refractivity contribution in [3.8, 4) is 0 Å². The van der Waals surface area contributed by atoms with Gasteiger partial charge in [0.25, 0.3) is 0 Å². The number of carboxylic acid groups (broad SMARTS) is 1. The van der Waals surface area contributed by atoms with Crippen LogP contribution in [0.3, 0.4) is 0 Å². The maximum atomic E-state index is 11.1. The van der Waals surface area contributed by atoms with E-state index in [0.717, 1.165) is 12.8 Å². The van der Waals surface area contributed by atoms with E-state index in [1.165, 1.54) is 20.0 Å². The molecular weight excluding hydrogens is 244 g/mol. The van der Waals surface area contributed by atoms with Crippen molar-refractivity contribution in [1.29, 1.82) is 0 Å². The van der Waals surface area contributed by atoms with Crippen molar-refractivity contribution in [3.63, 3.8) is 0 Å². The van der Waals surface area contributed by atoms with Crippen molar-refractivity contribution in [2.75, 3.05) is 34.4 Å². The number of nitrogens with one attached hydrogen (secondary N) is 1. The van der Waals surface area contributed by atoms with E-state index in [1.807, 2.05) is 0 Å². The first-order valence-electron chi connectivity index (χ1n) is 7.04. The molecule has 0 aliphatic heterocycles. The van der Waals surface area contributed by atoms with Crippen molar-refractivity contribution in [1.82, 2.24) is 10.2 Å². The third-order valence-corrected chi connectivity index (χ3v) is 4.33. The lowest BCUT2D eigenvalue weighted by molar-refractivity contribution is -0.141. The molecule has 0 bridgehead atoms. The highest BCUT2D eigenvalue weighted by molar-refractivity contribution is 5.73. The van der Waals surface area contributed by atoms with Gasteiger partial charge in [0.1, 0.15) is 6.04 Å². The van der Waals surface area contributed by atoms with Gasteiger partial charge in [0.15, 0.2) is 0 Å². The van der Waals surface area contributed by atoms with E-state index in [-0.39, 0.29) is 12.1 Å². The minimum Gasteiger partial charge on any atom is -0.480 e. The second-order valence-electron chi connectivity index (χ2n) is 6.05. The normalized spacial score (nSPS) is 29.4. The Balaban J connectivity index is 2.65. The number of carbonyl (C=O) groups is 1. The molecule has 0 radical (unpaired) electrons. The number of methoxy groups -OCH3 is 1. The molecular formula is C14H28N2O3. The van der Waals surface area contributed by atoms with Crippen LogP contribution in [0.2, 0.25) is 0 Å². The number of likely N-dealkylation sites (N-methyl/N-ethyl adjacent to an activating group) is 1. The van der Waals surface area contributed by atoms with Gasteiger partial charge in [-0.2, -0.15) is 0 Å². The van der Waals surface area contributed by atoms with Gasteiger partial charge in [-0.1, -0.05) is 19.8 Å². The first-order chi connectivity index (χ1) is 8.91. The quantitative estimate of drug-likeness (QED) is 0.729. The van der Waals surface area contributed by atoms with Crippen LogP contribution >= 0.6 is 0 Å². The van der Waals surface area contributed by atoms with Crippen LogP contribution in [0, 0.1) is 5.92 Å². The van der Waals surface area contributed by atoms with Crippen molar-refractivity contribution in [2.24, 2.45) is 5.92 Å². The molecule has 0 aromatic heterocycles. The standard InChI is InChI=1S/C14H28N2O3/c1-11-6-5-7-14(8-11,16(2)3)10-15-12(9-19-4)13(17)18/h11-12,15H,5-10H2,1-4H3,(H,17,18). The second-order valence-corrected chi connectivity index (χ2v) is 6.05. The number of hydrogen-bond donors (Lipinski definition) is 2. The smallest absolute Gasteiger partial charge is 0.323 e. The van der Waals surface area contributed by atoms with Crippen LogP contribution in [0.5, 0.6) is 0 Å². The van der Waals surface area contributed by atoms with Gasteiger partial charge in [-0.3, -0.25) is 4.79 Å². The summed E-state index contributed by atoms with van der Waals surface area (Å²) in [5, 5.41) is 12.3. The minimum atomic E-state index is -0.848. The Bertz CT molecular complexity index is 296.